The van der Waals surface area contributed by atoms with Crippen LogP contribution in [0.4, 0.5) is 4.39 Å². The zero-order chi connectivity index (χ0) is 18.5. The number of rotatable bonds is 6. The maximum Gasteiger partial charge on any atom is 0.364 e. The molecule has 0 amide bonds. The summed E-state index contributed by atoms with van der Waals surface area (Å²) in [6.07, 6.45) is -1.36. The molecule has 1 aromatic heterocycles. The Morgan fingerprint density at radius 2 is 1.62 bits per heavy atom. The number of esters is 1. The number of aromatic amines is 1. The van der Waals surface area contributed by atoms with Crippen LogP contribution in [0.15, 0.2) is 48.5 Å². The van der Waals surface area contributed by atoms with Gasteiger partial charge in [-0.15, -0.1) is 5.10 Å². The van der Waals surface area contributed by atoms with Crippen molar-refractivity contribution in [3.63, 3.8) is 0 Å². The Balaban J connectivity index is 1.73. The van der Waals surface area contributed by atoms with Crippen LogP contribution in [-0.4, -0.2) is 34.8 Å². The number of hydrogen-bond acceptors (Lipinski definition) is 6. The van der Waals surface area contributed by atoms with Gasteiger partial charge in [-0.3, -0.25) is 0 Å². The van der Waals surface area contributed by atoms with E-state index in [1.807, 2.05) is 24.3 Å². The fraction of sp³-hybridized carbons (Fsp3) is 0.167. The first-order valence-electron chi connectivity index (χ1n) is 7.75. The van der Waals surface area contributed by atoms with Gasteiger partial charge in [0.05, 0.1) is 7.11 Å². The lowest BCUT2D eigenvalue weighted by Crippen LogP contribution is -2.03. The van der Waals surface area contributed by atoms with Crippen molar-refractivity contribution in [1.29, 1.82) is 0 Å². The van der Waals surface area contributed by atoms with Gasteiger partial charge in [0.25, 0.3) is 5.88 Å². The molecule has 26 heavy (non-hydrogen) atoms. The van der Waals surface area contributed by atoms with E-state index in [2.05, 4.69) is 20.1 Å². The molecule has 0 saturated heterocycles. The van der Waals surface area contributed by atoms with Gasteiger partial charge >= 0.3 is 5.97 Å². The van der Waals surface area contributed by atoms with Crippen molar-refractivity contribution in [1.82, 2.24) is 15.4 Å². The topological polar surface area (TPSA) is 86.3 Å². The molecule has 3 aromatic rings. The van der Waals surface area contributed by atoms with E-state index in [0.29, 0.717) is 11.5 Å². The van der Waals surface area contributed by atoms with Crippen molar-refractivity contribution in [2.75, 3.05) is 7.11 Å². The minimum absolute atomic E-state index is 0.0331. The standard InChI is InChI=1S/C18H16FN3O4/c1-11(19)25-14-7-3-12(4-8-14)13-5-9-15(10-6-13)26-17-16(18(23)24-2)20-22-21-17/h3-11H,1-2H3,(H,20,21,22). The van der Waals surface area contributed by atoms with Crippen LogP contribution < -0.4 is 9.47 Å². The highest BCUT2D eigenvalue weighted by Gasteiger charge is 2.18. The van der Waals surface area contributed by atoms with Gasteiger partial charge in [0, 0.05) is 6.92 Å². The molecular formula is C18H16FN3O4. The highest BCUT2D eigenvalue weighted by atomic mass is 19.1. The zero-order valence-corrected chi connectivity index (χ0v) is 14.1. The number of hydrogen-bond donors (Lipinski definition) is 1. The zero-order valence-electron chi connectivity index (χ0n) is 14.1. The van der Waals surface area contributed by atoms with Crippen LogP contribution in [0.25, 0.3) is 11.1 Å². The molecule has 1 N–H and O–H groups in total. The number of halogens is 1. The largest absolute Gasteiger partial charge is 0.464 e. The van der Waals surface area contributed by atoms with Gasteiger partial charge in [0.2, 0.25) is 12.1 Å². The van der Waals surface area contributed by atoms with Crippen LogP contribution in [0.3, 0.4) is 0 Å². The highest BCUT2D eigenvalue weighted by Crippen LogP contribution is 2.27. The van der Waals surface area contributed by atoms with Crippen LogP contribution in [0.2, 0.25) is 0 Å². The second-order valence-corrected chi connectivity index (χ2v) is 5.29. The number of carbonyl (C=O) groups excluding carboxylic acids is 1. The predicted molar refractivity (Wildman–Crippen MR) is 90.9 cm³/mol. The molecule has 0 aliphatic rings. The van der Waals surface area contributed by atoms with Crippen molar-refractivity contribution in [2.45, 2.75) is 13.3 Å². The second kappa shape index (κ2) is 7.64. The lowest BCUT2D eigenvalue weighted by atomic mass is 10.1. The molecule has 0 radical (unpaired) electrons. The fourth-order valence-electron chi connectivity index (χ4n) is 2.27. The van der Waals surface area contributed by atoms with E-state index in [-0.39, 0.29) is 11.6 Å². The average molecular weight is 357 g/mol. The normalized spacial score (nSPS) is 11.7. The summed E-state index contributed by atoms with van der Waals surface area (Å²) in [5.41, 5.74) is 1.84. The molecule has 1 unspecified atom stereocenters. The van der Waals surface area contributed by atoms with Crippen LogP contribution in [0.1, 0.15) is 17.4 Å². The molecule has 7 nitrogen and oxygen atoms in total. The number of nitrogens with one attached hydrogen (secondary N) is 1. The third-order valence-electron chi connectivity index (χ3n) is 3.46. The number of carbonyl (C=O) groups is 1. The summed E-state index contributed by atoms with van der Waals surface area (Å²) >= 11 is 0. The summed E-state index contributed by atoms with van der Waals surface area (Å²) in [6, 6.07) is 14.3. The van der Waals surface area contributed by atoms with Crippen molar-refractivity contribution < 1.29 is 23.4 Å². The minimum atomic E-state index is -1.36. The molecule has 8 heteroatoms. The summed E-state index contributed by atoms with van der Waals surface area (Å²) in [4.78, 5) is 11.6. The Kier molecular flexibility index (Phi) is 5.12. The van der Waals surface area contributed by atoms with E-state index in [9.17, 15) is 9.18 Å². The molecule has 2 aromatic carbocycles. The van der Waals surface area contributed by atoms with Gasteiger partial charge in [-0.25, -0.2) is 14.3 Å². The smallest absolute Gasteiger partial charge is 0.364 e. The van der Waals surface area contributed by atoms with Crippen LogP contribution in [0, 0.1) is 0 Å². The van der Waals surface area contributed by atoms with Crippen molar-refractivity contribution in [2.24, 2.45) is 0 Å². The molecule has 0 aliphatic carbocycles. The number of methoxy groups -OCH3 is 1. The Bertz CT molecular complexity index is 876. The first-order chi connectivity index (χ1) is 12.6. The monoisotopic (exact) mass is 357 g/mol. The van der Waals surface area contributed by atoms with Crippen LogP contribution >= 0.6 is 0 Å². The summed E-state index contributed by atoms with van der Waals surface area (Å²) in [7, 11) is 1.25. The molecule has 0 spiro atoms. The molecule has 0 aliphatic heterocycles. The quantitative estimate of drug-likeness (QED) is 0.676. The van der Waals surface area contributed by atoms with Gasteiger partial charge in [0.15, 0.2) is 0 Å². The lowest BCUT2D eigenvalue weighted by Gasteiger charge is -2.08. The maximum atomic E-state index is 12.8. The molecule has 1 heterocycles. The Morgan fingerprint density at radius 1 is 1.04 bits per heavy atom. The number of H-pyrrole nitrogens is 1. The third-order valence-corrected chi connectivity index (χ3v) is 3.46. The molecular weight excluding hydrogens is 341 g/mol. The van der Waals surface area contributed by atoms with Crippen LogP contribution in [0.5, 0.6) is 17.4 Å². The van der Waals surface area contributed by atoms with E-state index in [4.69, 9.17) is 9.47 Å². The molecule has 134 valence electrons. The van der Waals surface area contributed by atoms with E-state index in [0.717, 1.165) is 11.1 Å². The van der Waals surface area contributed by atoms with Gasteiger partial charge in [-0.2, -0.15) is 0 Å². The van der Waals surface area contributed by atoms with Crippen molar-refractivity contribution >= 4 is 5.97 Å². The second-order valence-electron chi connectivity index (χ2n) is 5.29. The van der Waals surface area contributed by atoms with Gasteiger partial charge in [-0.05, 0) is 35.4 Å². The van der Waals surface area contributed by atoms with Gasteiger partial charge in [0.1, 0.15) is 11.5 Å². The van der Waals surface area contributed by atoms with E-state index in [1.165, 1.54) is 14.0 Å². The first kappa shape index (κ1) is 17.4. The molecule has 3 rings (SSSR count). The van der Waals surface area contributed by atoms with Crippen molar-refractivity contribution in [3.05, 3.63) is 54.2 Å². The number of benzene rings is 2. The number of ether oxygens (including phenoxy) is 3. The summed E-state index contributed by atoms with van der Waals surface area (Å²) in [5.74, 6) is 0.420. The Morgan fingerprint density at radius 3 is 2.15 bits per heavy atom. The molecule has 1 atom stereocenters. The summed E-state index contributed by atoms with van der Waals surface area (Å²) in [5, 5.41) is 9.68. The SMILES string of the molecule is COC(=O)c1nn[nH]c1Oc1ccc(-c2ccc(OC(C)F)cc2)cc1. The number of alkyl halides is 1. The van der Waals surface area contributed by atoms with Crippen molar-refractivity contribution in [3.8, 4) is 28.5 Å². The molecule has 0 bridgehead atoms. The maximum absolute atomic E-state index is 12.8. The minimum Gasteiger partial charge on any atom is -0.464 e. The average Bonchev–Trinajstić information content (AvgIpc) is 3.10. The fourth-order valence-corrected chi connectivity index (χ4v) is 2.27. The van der Waals surface area contributed by atoms with Gasteiger partial charge in [-0.1, -0.05) is 29.5 Å². The van der Waals surface area contributed by atoms with Crippen LogP contribution in [-0.2, 0) is 4.74 Å². The number of aromatic nitrogens is 3. The Hall–Kier alpha value is -3.42. The highest BCUT2D eigenvalue weighted by molar-refractivity contribution is 5.89. The predicted octanol–water partition coefficient (Wildman–Crippen LogP) is 3.74. The third kappa shape index (κ3) is 3.97. The summed E-state index contributed by atoms with van der Waals surface area (Å²) < 4.78 is 28.0. The number of nitrogens with zero attached hydrogens (tertiary/aromatic N) is 2. The lowest BCUT2D eigenvalue weighted by molar-refractivity contribution is 0.0591. The van der Waals surface area contributed by atoms with E-state index in [1.54, 1.807) is 24.3 Å². The Labute approximate surface area is 148 Å². The summed E-state index contributed by atoms with van der Waals surface area (Å²) in [6.45, 7) is 1.33. The van der Waals surface area contributed by atoms with E-state index >= 15 is 0 Å². The first-order valence-corrected chi connectivity index (χ1v) is 7.75. The molecule has 0 fully saturated rings. The van der Waals surface area contributed by atoms with Gasteiger partial charge < -0.3 is 14.2 Å². The molecule has 0 saturated carbocycles. The van der Waals surface area contributed by atoms with E-state index < -0.39 is 12.3 Å².